The van der Waals surface area contributed by atoms with Crippen molar-refractivity contribution in [1.29, 1.82) is 0 Å². The van der Waals surface area contributed by atoms with Crippen LogP contribution in [-0.2, 0) is 19.3 Å². The average Bonchev–Trinajstić information content (AvgIpc) is 4.14. The minimum atomic E-state index is -4.39. The van der Waals surface area contributed by atoms with Gasteiger partial charge in [0, 0.05) is 37.7 Å². The molecule has 5 aromatic carbocycles. The van der Waals surface area contributed by atoms with Gasteiger partial charge >= 0.3 is 36.2 Å². The lowest BCUT2D eigenvalue weighted by atomic mass is 9.92. The monoisotopic (exact) mass is 1090 g/mol. The first-order valence-electron chi connectivity index (χ1n) is 24.0. The molecule has 1 saturated carbocycles. The number of hydrogen-bond donors (Lipinski definition) is 4. The molecule has 4 aromatic heterocycles. The van der Waals surface area contributed by atoms with E-state index in [1.165, 1.54) is 59.2 Å². The number of aryl methyl sites for hydroxylation is 6. The minimum absolute atomic E-state index is 0.00491. The third-order valence-electron chi connectivity index (χ3n) is 13.0. The minimum Gasteiger partial charge on any atom is -0.478 e. The van der Waals surface area contributed by atoms with Crippen LogP contribution in [0.3, 0.4) is 0 Å². The molecule has 10 rings (SSSR count). The number of nitrogens with zero attached hydrogens (tertiary/aromatic N) is 8. The summed E-state index contributed by atoms with van der Waals surface area (Å²) in [7, 11) is 0. The number of fused-ring (bicyclic) bond motifs is 4. The van der Waals surface area contributed by atoms with E-state index in [0.29, 0.717) is 57.8 Å². The van der Waals surface area contributed by atoms with Gasteiger partial charge in [0.1, 0.15) is 23.3 Å². The maximum absolute atomic E-state index is 13.3. The molecule has 24 heteroatoms. The predicted molar refractivity (Wildman–Crippen MR) is 271 cm³/mol. The van der Waals surface area contributed by atoms with Gasteiger partial charge in [-0.15, -0.1) is 0 Å². The fourth-order valence-corrected chi connectivity index (χ4v) is 9.24. The molecule has 1 fully saturated rings. The van der Waals surface area contributed by atoms with Crippen LogP contribution in [0.4, 0.5) is 35.1 Å². The van der Waals surface area contributed by atoms with E-state index in [1.807, 2.05) is 31.4 Å². The molecule has 0 unspecified atom stereocenters. The molecule has 4 heterocycles. The molecule has 0 atom stereocenters. The lowest BCUT2D eigenvalue weighted by molar-refractivity contribution is -0.138. The highest BCUT2D eigenvalue weighted by molar-refractivity contribution is 5.95. The van der Waals surface area contributed by atoms with Crippen LogP contribution in [0.25, 0.3) is 49.8 Å². The molecule has 1 aliphatic carbocycles. The fourth-order valence-electron chi connectivity index (χ4n) is 9.24. The van der Waals surface area contributed by atoms with Crippen molar-refractivity contribution in [3.05, 3.63) is 148 Å². The molecule has 410 valence electrons. The number of carboxylic acids is 4. The first-order chi connectivity index (χ1) is 36.5. The summed E-state index contributed by atoms with van der Waals surface area (Å²) in [4.78, 5) is 60.6. The van der Waals surface area contributed by atoms with E-state index >= 15 is 0 Å². The summed E-state index contributed by atoms with van der Waals surface area (Å²) in [5.74, 6) is -3.99. The van der Waals surface area contributed by atoms with E-state index < -0.39 is 54.1 Å². The van der Waals surface area contributed by atoms with E-state index in [2.05, 4.69) is 24.5 Å². The zero-order chi connectivity index (χ0) is 57.2. The van der Waals surface area contributed by atoms with Gasteiger partial charge in [-0.05, 0) is 145 Å². The fraction of sp³-hybridized carbons (Fsp3) is 0.296. The molecule has 1 aliphatic rings. The van der Waals surface area contributed by atoms with Crippen LogP contribution in [-0.4, -0.2) is 94.6 Å². The van der Waals surface area contributed by atoms with E-state index in [1.54, 1.807) is 42.7 Å². The Morgan fingerprint density at radius 1 is 0.538 bits per heavy atom. The van der Waals surface area contributed by atoms with Crippen molar-refractivity contribution in [2.75, 3.05) is 0 Å². The zero-order valence-electron chi connectivity index (χ0n) is 42.3. The van der Waals surface area contributed by atoms with Gasteiger partial charge in [-0.2, -0.15) is 26.3 Å². The molecule has 0 spiro atoms. The van der Waals surface area contributed by atoms with E-state index in [-0.39, 0.29) is 47.7 Å². The average molecular weight is 1090 g/mol. The molecule has 16 nitrogen and oxygen atoms in total. The Morgan fingerprint density at radius 3 is 1.36 bits per heavy atom. The normalized spacial score (nSPS) is 13.6. The molecule has 4 N–H and O–H groups in total. The van der Waals surface area contributed by atoms with Crippen LogP contribution < -0.4 is 0 Å². The molecular weight excluding hydrogens is 1040 g/mol. The second kappa shape index (κ2) is 22.5. The summed E-state index contributed by atoms with van der Waals surface area (Å²) >= 11 is 0. The summed E-state index contributed by atoms with van der Waals surface area (Å²) in [6.07, 6.45) is -8.95. The third kappa shape index (κ3) is 12.9. The van der Waals surface area contributed by atoms with Crippen LogP contribution in [0.5, 0.6) is 0 Å². The number of hydrogen-bond acceptors (Lipinski definition) is 8. The number of aromatic nitrogens is 8. The van der Waals surface area contributed by atoms with Gasteiger partial charge in [-0.25, -0.2) is 47.9 Å². The molecular formula is C54H50F8N8O8. The van der Waals surface area contributed by atoms with Crippen molar-refractivity contribution in [1.82, 2.24) is 38.2 Å². The van der Waals surface area contributed by atoms with E-state index in [4.69, 9.17) is 20.4 Å². The lowest BCUT2D eigenvalue weighted by Crippen LogP contribution is -2.26. The molecule has 0 saturated heterocycles. The van der Waals surface area contributed by atoms with Gasteiger partial charge in [-0.1, -0.05) is 0 Å². The first kappa shape index (κ1) is 57.0. The molecule has 0 bridgehead atoms. The van der Waals surface area contributed by atoms with Crippen molar-refractivity contribution >= 4 is 68.0 Å². The maximum atomic E-state index is 13.3. The third-order valence-corrected chi connectivity index (χ3v) is 13.0. The number of carboxylic acid groups (broad SMARTS) is 4. The number of imidazole rings is 4. The van der Waals surface area contributed by atoms with Crippen molar-refractivity contribution in [3.63, 3.8) is 0 Å². The number of rotatable bonds is 9. The van der Waals surface area contributed by atoms with Gasteiger partial charge in [0.05, 0.1) is 78.4 Å². The van der Waals surface area contributed by atoms with Gasteiger partial charge in [0.15, 0.2) is 0 Å². The summed E-state index contributed by atoms with van der Waals surface area (Å²) in [6, 6.07) is 23.2. The van der Waals surface area contributed by atoms with E-state index in [9.17, 15) is 54.3 Å². The second-order valence-corrected chi connectivity index (χ2v) is 18.3. The summed E-state index contributed by atoms with van der Waals surface area (Å²) in [5.41, 5.74) is 5.58. The topological polar surface area (TPSA) is 220 Å². The Hall–Kier alpha value is -8.70. The van der Waals surface area contributed by atoms with Crippen LogP contribution in [0.2, 0.25) is 0 Å². The zero-order valence-corrected chi connectivity index (χ0v) is 42.3. The Morgan fingerprint density at radius 2 is 0.923 bits per heavy atom. The molecule has 0 amide bonds. The quantitative estimate of drug-likeness (QED) is 0.0992. The lowest BCUT2D eigenvalue weighted by Gasteiger charge is -2.30. The van der Waals surface area contributed by atoms with E-state index in [0.717, 1.165) is 46.9 Å². The summed E-state index contributed by atoms with van der Waals surface area (Å²) in [6.45, 7) is 9.71. The highest BCUT2D eigenvalue weighted by Gasteiger charge is 2.36. The summed E-state index contributed by atoms with van der Waals surface area (Å²) < 4.78 is 108. The van der Waals surface area contributed by atoms with Gasteiger partial charge in [0.25, 0.3) is 0 Å². The first-order valence-corrected chi connectivity index (χ1v) is 24.0. The van der Waals surface area contributed by atoms with Gasteiger partial charge in [0.2, 0.25) is 5.92 Å². The van der Waals surface area contributed by atoms with Gasteiger partial charge in [-0.3, -0.25) is 4.57 Å². The standard InChI is InChI=1S/C16H11F3N2O2.C15H16F2N2O2.C12H11F3N2O2.C11H12N2O2/c1-9-20-13-8-10(15(22)23)2-7-14(13)21(9)12-5-3-11(4-6-12)16(17,18)19;1-9-18-12-8-10(14(20)21)2-3-13(12)19(9)11-4-6-15(16,17)7-5-11;1-7-16-9-6-8(11(18)19)2-3-10(9)17(7)5-4-12(13,14)15;1-3-13-7(2)12-9-6-8(11(14)15)4-5-10(9)13/h2-8H,1H3,(H,22,23);2-3,8,11H,4-7H2,1H3,(H,20,21);2-3,6H,4-5H2,1H3,(H,18,19);4-6H,3H2,1-2H3,(H,14,15). The molecule has 0 aliphatic heterocycles. The second-order valence-electron chi connectivity index (χ2n) is 18.3. The van der Waals surface area contributed by atoms with Crippen LogP contribution in [0.15, 0.2) is 97.1 Å². The summed E-state index contributed by atoms with van der Waals surface area (Å²) in [5, 5.41) is 35.7. The van der Waals surface area contributed by atoms with Gasteiger partial charge < -0.3 is 34.1 Å². The Labute approximate surface area is 437 Å². The number of aromatic carboxylic acids is 4. The SMILES string of the molecule is CCn1c(C)nc2cc(C(=O)O)ccc21.Cc1nc2cc(C(=O)O)ccc2n1-c1ccc(C(F)(F)F)cc1.Cc1nc2cc(C(=O)O)ccc2n1C1CCC(F)(F)CC1.Cc1nc2cc(C(=O)O)ccc2n1CCC(F)(F)F. The Kier molecular flexibility index (Phi) is 16.4. The largest absolute Gasteiger partial charge is 0.478 e. The van der Waals surface area contributed by atoms with Crippen molar-refractivity contribution in [2.24, 2.45) is 0 Å². The number of alkyl halides is 8. The highest BCUT2D eigenvalue weighted by Crippen LogP contribution is 2.40. The smallest absolute Gasteiger partial charge is 0.416 e. The number of carbonyl (C=O) groups is 4. The van der Waals surface area contributed by atoms with Crippen molar-refractivity contribution in [2.45, 2.75) is 104 Å². The number of benzene rings is 5. The van der Waals surface area contributed by atoms with Crippen LogP contribution in [0, 0.1) is 27.7 Å². The molecule has 78 heavy (non-hydrogen) atoms. The van der Waals surface area contributed by atoms with Crippen molar-refractivity contribution in [3.8, 4) is 5.69 Å². The predicted octanol–water partition coefficient (Wildman–Crippen LogP) is 12.9. The Bertz CT molecular complexity index is 3720. The number of halogens is 8. The van der Waals surface area contributed by atoms with Crippen molar-refractivity contribution < 1.29 is 74.7 Å². The van der Waals surface area contributed by atoms with Crippen LogP contribution in [0.1, 0.15) is 115 Å². The maximum Gasteiger partial charge on any atom is 0.416 e. The Balaban J connectivity index is 0.000000152. The molecule has 9 aromatic rings. The molecule has 0 radical (unpaired) electrons. The highest BCUT2D eigenvalue weighted by atomic mass is 19.4. The van der Waals surface area contributed by atoms with Crippen LogP contribution >= 0.6 is 0 Å².